The minimum Gasteiger partial charge on any atom is -0.0650 e. The Morgan fingerprint density at radius 1 is 1.06 bits per heavy atom. The third-order valence-electron chi connectivity index (χ3n) is 4.61. The molecule has 0 radical (unpaired) electrons. The molecule has 0 aromatic carbocycles. The van der Waals surface area contributed by atoms with Crippen molar-refractivity contribution in [3.05, 3.63) is 34.6 Å². The first kappa shape index (κ1) is 14.5. The van der Waals surface area contributed by atoms with Crippen molar-refractivity contribution in [2.75, 3.05) is 0 Å². The summed E-state index contributed by atoms with van der Waals surface area (Å²) in [5.41, 5.74) is 3.07. The van der Waals surface area contributed by atoms with Crippen LogP contribution in [0.2, 0.25) is 18.1 Å². The van der Waals surface area contributed by atoms with Crippen molar-refractivity contribution >= 4 is 8.07 Å². The van der Waals surface area contributed by atoms with Gasteiger partial charge in [0.15, 0.2) is 0 Å². The van der Waals surface area contributed by atoms with Crippen LogP contribution in [0.4, 0.5) is 0 Å². The van der Waals surface area contributed by atoms with Gasteiger partial charge in [-0.1, -0.05) is 76.7 Å². The highest BCUT2D eigenvalue weighted by atomic mass is 28.3. The summed E-state index contributed by atoms with van der Waals surface area (Å²) in [5.74, 6) is 0. The molecule has 0 fully saturated rings. The molecule has 0 spiro atoms. The Morgan fingerprint density at radius 3 is 2.00 bits per heavy atom. The Kier molecular flexibility index (Phi) is 4.24. The molecule has 0 bridgehead atoms. The Bertz CT molecular complexity index is 367. The normalized spacial score (nSPS) is 16.4. The van der Waals surface area contributed by atoms with E-state index in [0.717, 1.165) is 0 Å². The molecular formula is C16H28Si. The van der Waals surface area contributed by atoms with Crippen LogP contribution in [0.1, 0.15) is 47.5 Å². The lowest BCUT2D eigenvalue weighted by Crippen LogP contribution is -2.38. The van der Waals surface area contributed by atoms with Gasteiger partial charge in [-0.2, -0.15) is 0 Å². The van der Waals surface area contributed by atoms with Gasteiger partial charge in [-0.3, -0.25) is 0 Å². The van der Waals surface area contributed by atoms with Crippen molar-refractivity contribution < 1.29 is 0 Å². The summed E-state index contributed by atoms with van der Waals surface area (Å²) in [5, 5.41) is 2.04. The van der Waals surface area contributed by atoms with Crippen LogP contribution in [0.3, 0.4) is 0 Å². The fraction of sp³-hybridized carbons (Fsp3) is 0.625. The first-order valence-electron chi connectivity index (χ1n) is 6.86. The fourth-order valence-corrected chi connectivity index (χ4v) is 4.03. The van der Waals surface area contributed by atoms with Crippen LogP contribution in [0.15, 0.2) is 34.6 Å². The van der Waals surface area contributed by atoms with Crippen molar-refractivity contribution in [1.82, 2.24) is 0 Å². The largest absolute Gasteiger partial charge is 0.0859 e. The van der Waals surface area contributed by atoms with E-state index >= 15 is 0 Å². The van der Waals surface area contributed by atoms with Crippen molar-refractivity contribution in [2.24, 2.45) is 0 Å². The summed E-state index contributed by atoms with van der Waals surface area (Å²) in [7, 11) is -1.34. The van der Waals surface area contributed by atoms with Crippen LogP contribution in [0, 0.1) is 0 Å². The predicted molar refractivity (Wildman–Crippen MR) is 82.0 cm³/mol. The SMILES string of the molecule is CCC(CC)=C1C=CC([Si](C)(C)C(C)(C)C)=C1. The molecule has 0 nitrogen and oxygen atoms in total. The first-order chi connectivity index (χ1) is 7.74. The Hall–Kier alpha value is -0.563. The molecular weight excluding hydrogens is 220 g/mol. The lowest BCUT2D eigenvalue weighted by atomic mass is 10.0. The molecule has 0 heterocycles. The minimum atomic E-state index is -1.34. The van der Waals surface area contributed by atoms with Crippen LogP contribution in [0.5, 0.6) is 0 Å². The highest BCUT2D eigenvalue weighted by molar-refractivity contribution is 6.87. The molecule has 0 saturated heterocycles. The second-order valence-electron chi connectivity index (χ2n) is 6.57. The van der Waals surface area contributed by atoms with Crippen LogP contribution >= 0.6 is 0 Å². The molecule has 96 valence electrons. The van der Waals surface area contributed by atoms with Crippen molar-refractivity contribution in [3.8, 4) is 0 Å². The number of allylic oxidation sites excluding steroid dienone is 6. The zero-order valence-corrected chi connectivity index (χ0v) is 13.6. The van der Waals surface area contributed by atoms with E-state index in [4.69, 9.17) is 0 Å². The smallest absolute Gasteiger partial charge is 0.0650 e. The van der Waals surface area contributed by atoms with Gasteiger partial charge in [0.1, 0.15) is 0 Å². The molecule has 0 aliphatic heterocycles. The van der Waals surface area contributed by atoms with Crippen molar-refractivity contribution in [3.63, 3.8) is 0 Å². The summed E-state index contributed by atoms with van der Waals surface area (Å²) in [6.07, 6.45) is 9.52. The Balaban J connectivity index is 3.11. The molecule has 0 amide bonds. The number of rotatable bonds is 3. The molecule has 0 saturated carbocycles. The fourth-order valence-electron chi connectivity index (χ4n) is 2.14. The highest BCUT2D eigenvalue weighted by Gasteiger charge is 2.38. The second-order valence-corrected chi connectivity index (χ2v) is 11.9. The third kappa shape index (κ3) is 2.82. The Morgan fingerprint density at radius 2 is 1.59 bits per heavy atom. The quantitative estimate of drug-likeness (QED) is 0.566. The molecule has 17 heavy (non-hydrogen) atoms. The van der Waals surface area contributed by atoms with E-state index in [-0.39, 0.29) is 0 Å². The maximum atomic E-state index is 2.49. The van der Waals surface area contributed by atoms with Crippen LogP contribution < -0.4 is 0 Å². The van der Waals surface area contributed by atoms with Gasteiger partial charge in [0.2, 0.25) is 0 Å². The molecule has 0 N–H and O–H groups in total. The van der Waals surface area contributed by atoms with Gasteiger partial charge in [-0.05, 0) is 23.5 Å². The molecule has 1 heteroatoms. The average Bonchev–Trinajstić information content (AvgIpc) is 2.67. The van der Waals surface area contributed by atoms with Gasteiger partial charge in [0.25, 0.3) is 0 Å². The van der Waals surface area contributed by atoms with Gasteiger partial charge in [0.05, 0.1) is 8.07 Å². The second kappa shape index (κ2) is 4.97. The first-order valence-corrected chi connectivity index (χ1v) is 9.86. The summed E-state index contributed by atoms with van der Waals surface area (Å²) >= 11 is 0. The van der Waals surface area contributed by atoms with E-state index in [1.165, 1.54) is 18.4 Å². The topological polar surface area (TPSA) is 0 Å². The number of hydrogen-bond acceptors (Lipinski definition) is 0. The van der Waals surface area contributed by atoms with E-state index < -0.39 is 8.07 Å². The van der Waals surface area contributed by atoms with Crippen molar-refractivity contribution in [1.29, 1.82) is 0 Å². The van der Waals surface area contributed by atoms with Gasteiger partial charge in [-0.15, -0.1) is 0 Å². The molecule has 0 unspecified atom stereocenters. The van der Waals surface area contributed by atoms with Gasteiger partial charge in [0, 0.05) is 0 Å². The molecule has 1 aliphatic carbocycles. The molecule has 1 rings (SSSR count). The molecule has 0 aromatic rings. The van der Waals surface area contributed by atoms with E-state index in [9.17, 15) is 0 Å². The van der Waals surface area contributed by atoms with E-state index in [1.54, 1.807) is 10.8 Å². The summed E-state index contributed by atoms with van der Waals surface area (Å²) in [4.78, 5) is 0. The summed E-state index contributed by atoms with van der Waals surface area (Å²) < 4.78 is 0. The van der Waals surface area contributed by atoms with E-state index in [2.05, 4.69) is 65.9 Å². The molecule has 1 aliphatic rings. The monoisotopic (exact) mass is 248 g/mol. The summed E-state index contributed by atoms with van der Waals surface area (Å²) in [6.45, 7) is 16.7. The van der Waals surface area contributed by atoms with Gasteiger partial charge in [-0.25, -0.2) is 0 Å². The van der Waals surface area contributed by atoms with Gasteiger partial charge >= 0.3 is 0 Å². The van der Waals surface area contributed by atoms with E-state index in [1.807, 2.05) is 0 Å². The van der Waals surface area contributed by atoms with Crippen LogP contribution in [-0.2, 0) is 0 Å². The predicted octanol–water partition coefficient (Wildman–Crippen LogP) is 5.65. The zero-order chi connectivity index (χ0) is 13.3. The third-order valence-corrected chi connectivity index (χ3v) is 10.1. The maximum Gasteiger partial charge on any atom is 0.0859 e. The summed E-state index contributed by atoms with van der Waals surface area (Å²) in [6, 6.07) is 0. The maximum absolute atomic E-state index is 2.49. The minimum absolute atomic E-state index is 0.428. The van der Waals surface area contributed by atoms with E-state index in [0.29, 0.717) is 5.04 Å². The van der Waals surface area contributed by atoms with Crippen molar-refractivity contribution in [2.45, 2.75) is 65.6 Å². The zero-order valence-electron chi connectivity index (χ0n) is 12.6. The molecule has 0 aromatic heterocycles. The van der Waals surface area contributed by atoms with Gasteiger partial charge < -0.3 is 0 Å². The average molecular weight is 248 g/mol. The van der Waals surface area contributed by atoms with Crippen LogP contribution in [0.25, 0.3) is 0 Å². The Labute approximate surface area is 109 Å². The lowest BCUT2D eigenvalue weighted by molar-refractivity contribution is 0.726. The number of hydrogen-bond donors (Lipinski definition) is 0. The van der Waals surface area contributed by atoms with Crippen LogP contribution in [-0.4, -0.2) is 8.07 Å². The standard InChI is InChI=1S/C16H28Si/c1-8-13(9-2)14-10-11-15(12-14)17(6,7)16(3,4)5/h10-12H,8-9H2,1-7H3. The molecule has 0 atom stereocenters. The highest BCUT2D eigenvalue weighted by Crippen LogP contribution is 2.43. The lowest BCUT2D eigenvalue weighted by Gasteiger charge is -2.37.